The summed E-state index contributed by atoms with van der Waals surface area (Å²) in [5.41, 5.74) is 1.69. The molecule has 2 aliphatic rings. The standard InChI is InChI=1S/C12H17N7/c1-3-19(4-2-18(1)9-5-13-6-9)12-10-11(15-7-14-10)16-8-17-12/h7-9,13H,1-6H2,(H,14,15,16,17). The molecule has 4 heterocycles. The first-order valence-electron chi connectivity index (χ1n) is 6.75. The number of piperazine rings is 1. The van der Waals surface area contributed by atoms with Crippen LogP contribution in [0.25, 0.3) is 11.2 Å². The van der Waals surface area contributed by atoms with Gasteiger partial charge in [-0.2, -0.15) is 0 Å². The van der Waals surface area contributed by atoms with Crippen LogP contribution in [0.5, 0.6) is 0 Å². The summed E-state index contributed by atoms with van der Waals surface area (Å²) in [6, 6.07) is 0.736. The third-order valence-electron chi connectivity index (χ3n) is 4.09. The van der Waals surface area contributed by atoms with Gasteiger partial charge in [-0.3, -0.25) is 4.90 Å². The lowest BCUT2D eigenvalue weighted by atomic mass is 10.1. The molecular weight excluding hydrogens is 242 g/mol. The average Bonchev–Trinajstić information content (AvgIpc) is 2.86. The normalized spacial score (nSPS) is 21.8. The van der Waals surface area contributed by atoms with Gasteiger partial charge in [0, 0.05) is 45.3 Å². The van der Waals surface area contributed by atoms with Crippen LogP contribution in [-0.4, -0.2) is 70.1 Å². The molecular formula is C12H17N7. The van der Waals surface area contributed by atoms with E-state index >= 15 is 0 Å². The number of H-pyrrole nitrogens is 1. The van der Waals surface area contributed by atoms with E-state index in [1.165, 1.54) is 0 Å². The van der Waals surface area contributed by atoms with Gasteiger partial charge in [-0.25, -0.2) is 15.0 Å². The molecule has 2 saturated heterocycles. The first-order valence-corrected chi connectivity index (χ1v) is 6.75. The maximum Gasteiger partial charge on any atom is 0.182 e. The third-order valence-corrected chi connectivity index (χ3v) is 4.09. The predicted molar refractivity (Wildman–Crippen MR) is 72.1 cm³/mol. The summed E-state index contributed by atoms with van der Waals surface area (Å²) in [5, 5.41) is 3.33. The Morgan fingerprint density at radius 3 is 2.63 bits per heavy atom. The van der Waals surface area contributed by atoms with E-state index in [2.05, 4.69) is 35.1 Å². The number of anilines is 1. The highest BCUT2D eigenvalue weighted by atomic mass is 15.3. The molecule has 2 aromatic heterocycles. The Balaban J connectivity index is 1.52. The molecule has 0 amide bonds. The molecule has 0 aliphatic carbocycles. The lowest BCUT2D eigenvalue weighted by Gasteiger charge is -2.43. The summed E-state index contributed by atoms with van der Waals surface area (Å²) < 4.78 is 0. The van der Waals surface area contributed by atoms with E-state index in [0.717, 1.165) is 62.3 Å². The Morgan fingerprint density at radius 2 is 1.89 bits per heavy atom. The highest BCUT2D eigenvalue weighted by Crippen LogP contribution is 2.21. The van der Waals surface area contributed by atoms with E-state index in [1.54, 1.807) is 12.7 Å². The van der Waals surface area contributed by atoms with Gasteiger partial charge < -0.3 is 15.2 Å². The van der Waals surface area contributed by atoms with Crippen LogP contribution in [0.4, 0.5) is 5.82 Å². The molecule has 0 spiro atoms. The summed E-state index contributed by atoms with van der Waals surface area (Å²) >= 11 is 0. The Labute approximate surface area is 111 Å². The molecule has 0 unspecified atom stereocenters. The van der Waals surface area contributed by atoms with Gasteiger partial charge >= 0.3 is 0 Å². The molecule has 0 bridgehead atoms. The van der Waals surface area contributed by atoms with Crippen LogP contribution in [-0.2, 0) is 0 Å². The molecule has 7 heteroatoms. The van der Waals surface area contributed by atoms with Crippen molar-refractivity contribution in [2.24, 2.45) is 0 Å². The highest BCUT2D eigenvalue weighted by molar-refractivity contribution is 5.82. The first kappa shape index (κ1) is 11.1. The minimum absolute atomic E-state index is 0.736. The zero-order valence-corrected chi connectivity index (χ0v) is 10.7. The van der Waals surface area contributed by atoms with Crippen molar-refractivity contribution in [3.8, 4) is 0 Å². The fourth-order valence-corrected chi connectivity index (χ4v) is 2.82. The van der Waals surface area contributed by atoms with Crippen LogP contribution in [0.3, 0.4) is 0 Å². The second-order valence-electron chi connectivity index (χ2n) is 5.13. The second kappa shape index (κ2) is 4.43. The Bertz CT molecular complexity index is 568. The predicted octanol–water partition coefficient (Wildman–Crippen LogP) is -0.553. The number of imidazole rings is 1. The fraction of sp³-hybridized carbons (Fsp3) is 0.583. The van der Waals surface area contributed by atoms with Gasteiger partial charge in [0.15, 0.2) is 11.5 Å². The highest BCUT2D eigenvalue weighted by Gasteiger charge is 2.28. The molecule has 0 radical (unpaired) electrons. The quantitative estimate of drug-likeness (QED) is 0.754. The molecule has 100 valence electrons. The van der Waals surface area contributed by atoms with Crippen LogP contribution >= 0.6 is 0 Å². The van der Waals surface area contributed by atoms with Crippen molar-refractivity contribution >= 4 is 17.0 Å². The smallest absolute Gasteiger partial charge is 0.182 e. The molecule has 4 rings (SSSR count). The van der Waals surface area contributed by atoms with E-state index in [-0.39, 0.29) is 0 Å². The second-order valence-corrected chi connectivity index (χ2v) is 5.13. The van der Waals surface area contributed by atoms with Gasteiger partial charge in [0.2, 0.25) is 0 Å². The fourth-order valence-electron chi connectivity index (χ4n) is 2.82. The number of hydrogen-bond donors (Lipinski definition) is 2. The molecule has 2 fully saturated rings. The van der Waals surface area contributed by atoms with Crippen molar-refractivity contribution in [2.75, 3.05) is 44.2 Å². The monoisotopic (exact) mass is 259 g/mol. The van der Waals surface area contributed by atoms with Crippen molar-refractivity contribution in [3.63, 3.8) is 0 Å². The number of nitrogens with one attached hydrogen (secondary N) is 2. The number of hydrogen-bond acceptors (Lipinski definition) is 6. The van der Waals surface area contributed by atoms with Crippen LogP contribution in [0.1, 0.15) is 0 Å². The van der Waals surface area contributed by atoms with Gasteiger partial charge in [0.25, 0.3) is 0 Å². The Hall–Kier alpha value is -1.73. The largest absolute Gasteiger partial charge is 0.352 e. The molecule has 0 atom stereocenters. The van der Waals surface area contributed by atoms with Gasteiger partial charge in [0.05, 0.1) is 6.33 Å². The third kappa shape index (κ3) is 1.85. The van der Waals surface area contributed by atoms with E-state index in [1.807, 2.05) is 0 Å². The summed E-state index contributed by atoms with van der Waals surface area (Å²) in [5.74, 6) is 0.980. The first-order chi connectivity index (χ1) is 9.42. The minimum atomic E-state index is 0.736. The number of rotatable bonds is 2. The van der Waals surface area contributed by atoms with Gasteiger partial charge in [-0.1, -0.05) is 0 Å². The molecule has 2 aromatic rings. The van der Waals surface area contributed by atoms with E-state index in [4.69, 9.17) is 0 Å². The lowest BCUT2D eigenvalue weighted by molar-refractivity contribution is 0.138. The zero-order valence-electron chi connectivity index (χ0n) is 10.7. The summed E-state index contributed by atoms with van der Waals surface area (Å²) in [4.78, 5) is 20.8. The maximum absolute atomic E-state index is 4.42. The lowest BCUT2D eigenvalue weighted by Crippen LogP contribution is -2.61. The molecule has 2 aliphatic heterocycles. The van der Waals surface area contributed by atoms with Gasteiger partial charge in [-0.15, -0.1) is 0 Å². The summed E-state index contributed by atoms with van der Waals surface area (Å²) in [6.45, 7) is 6.51. The SMILES string of the molecule is c1nc(N2CCN(C3CNC3)CC2)c2[nH]cnc2n1. The number of aromatic amines is 1. The Kier molecular flexibility index (Phi) is 2.59. The van der Waals surface area contributed by atoms with Crippen LogP contribution in [0.2, 0.25) is 0 Å². The number of nitrogens with zero attached hydrogens (tertiary/aromatic N) is 5. The molecule has 2 N–H and O–H groups in total. The van der Waals surface area contributed by atoms with Crippen molar-refractivity contribution in [3.05, 3.63) is 12.7 Å². The van der Waals surface area contributed by atoms with Crippen molar-refractivity contribution in [2.45, 2.75) is 6.04 Å². The topological polar surface area (TPSA) is 73.0 Å². The number of aromatic nitrogens is 4. The van der Waals surface area contributed by atoms with Crippen molar-refractivity contribution in [1.29, 1.82) is 0 Å². The van der Waals surface area contributed by atoms with E-state index < -0.39 is 0 Å². The Morgan fingerprint density at radius 1 is 1.05 bits per heavy atom. The van der Waals surface area contributed by atoms with Crippen molar-refractivity contribution in [1.82, 2.24) is 30.2 Å². The van der Waals surface area contributed by atoms with Gasteiger partial charge in [-0.05, 0) is 0 Å². The maximum atomic E-state index is 4.42. The van der Waals surface area contributed by atoms with Crippen LogP contribution in [0.15, 0.2) is 12.7 Å². The van der Waals surface area contributed by atoms with E-state index in [0.29, 0.717) is 0 Å². The number of fused-ring (bicyclic) bond motifs is 1. The van der Waals surface area contributed by atoms with Gasteiger partial charge in [0.1, 0.15) is 11.8 Å². The minimum Gasteiger partial charge on any atom is -0.352 e. The van der Waals surface area contributed by atoms with Crippen molar-refractivity contribution < 1.29 is 0 Å². The van der Waals surface area contributed by atoms with Crippen LogP contribution in [0, 0.1) is 0 Å². The summed E-state index contributed by atoms with van der Waals surface area (Å²) in [6.07, 6.45) is 3.28. The molecule has 19 heavy (non-hydrogen) atoms. The van der Waals surface area contributed by atoms with E-state index in [9.17, 15) is 0 Å². The molecule has 0 saturated carbocycles. The molecule has 7 nitrogen and oxygen atoms in total. The average molecular weight is 259 g/mol. The molecule has 0 aromatic carbocycles. The zero-order chi connectivity index (χ0) is 12.7. The summed E-state index contributed by atoms with van der Waals surface area (Å²) in [7, 11) is 0. The van der Waals surface area contributed by atoms with Crippen LogP contribution < -0.4 is 10.2 Å².